The minimum atomic E-state index is -0.616. The van der Waals surface area contributed by atoms with E-state index in [-0.39, 0.29) is 5.91 Å². The van der Waals surface area contributed by atoms with Crippen molar-refractivity contribution in [2.45, 2.75) is 26.4 Å². The van der Waals surface area contributed by atoms with Gasteiger partial charge in [0, 0.05) is 64.9 Å². The Kier molecular flexibility index (Phi) is 9.93. The Balaban J connectivity index is 1.27. The van der Waals surface area contributed by atoms with E-state index in [2.05, 4.69) is 46.7 Å². The summed E-state index contributed by atoms with van der Waals surface area (Å²) in [5.74, 6) is 0.999. The summed E-state index contributed by atoms with van der Waals surface area (Å²) in [7, 11) is 0. The number of carbonyl (C=O) groups excluding carboxylic acids is 2. The summed E-state index contributed by atoms with van der Waals surface area (Å²) in [4.78, 5) is 36.4. The third-order valence-corrected chi connectivity index (χ3v) is 7.06. The SMILES string of the molecule is CC(C)(C)OC(=O)Nc1ccc(Oc2ccnc(Nc3cc(Br)cc(C(=O)NCCN4CCOCC4)c3)n2)c2ccccc12. The number of anilines is 3. The van der Waals surface area contributed by atoms with Gasteiger partial charge in [-0.15, -0.1) is 0 Å². The Bertz CT molecular complexity index is 1640. The molecule has 0 saturated carbocycles. The first-order chi connectivity index (χ1) is 21.1. The molecule has 0 radical (unpaired) electrons. The number of nitrogens with one attached hydrogen (secondary N) is 3. The zero-order chi connectivity index (χ0) is 31.1. The van der Waals surface area contributed by atoms with Crippen molar-refractivity contribution in [3.63, 3.8) is 0 Å². The van der Waals surface area contributed by atoms with Gasteiger partial charge in [0.25, 0.3) is 5.91 Å². The Morgan fingerprint density at radius 2 is 1.80 bits per heavy atom. The zero-order valence-electron chi connectivity index (χ0n) is 24.9. The Morgan fingerprint density at radius 3 is 2.57 bits per heavy atom. The van der Waals surface area contributed by atoms with Crippen LogP contribution >= 0.6 is 15.9 Å². The number of hydrogen-bond acceptors (Lipinski definition) is 9. The number of aromatic nitrogens is 2. The van der Waals surface area contributed by atoms with Gasteiger partial charge in [0.05, 0.1) is 18.9 Å². The lowest BCUT2D eigenvalue weighted by atomic mass is 10.1. The summed E-state index contributed by atoms with van der Waals surface area (Å²) in [6, 6.07) is 18.1. The molecule has 2 amide bonds. The van der Waals surface area contributed by atoms with Gasteiger partial charge in [-0.25, -0.2) is 9.78 Å². The van der Waals surface area contributed by atoms with Crippen molar-refractivity contribution in [3.8, 4) is 11.6 Å². The van der Waals surface area contributed by atoms with Crippen LogP contribution in [0.5, 0.6) is 11.6 Å². The molecule has 12 heteroatoms. The molecule has 1 aromatic heterocycles. The van der Waals surface area contributed by atoms with Gasteiger partial charge in [-0.3, -0.25) is 15.0 Å². The fourth-order valence-electron chi connectivity index (χ4n) is 4.63. The number of fused-ring (bicyclic) bond motifs is 1. The molecule has 3 N–H and O–H groups in total. The number of nitrogens with zero attached hydrogens (tertiary/aromatic N) is 3. The molecule has 5 rings (SSSR count). The minimum Gasteiger partial charge on any atom is -0.444 e. The van der Waals surface area contributed by atoms with Crippen LogP contribution in [-0.4, -0.2) is 71.9 Å². The highest BCUT2D eigenvalue weighted by molar-refractivity contribution is 9.10. The number of carbonyl (C=O) groups is 2. The van der Waals surface area contributed by atoms with Crippen LogP contribution in [0.25, 0.3) is 10.8 Å². The Morgan fingerprint density at radius 1 is 1.02 bits per heavy atom. The topological polar surface area (TPSA) is 127 Å². The molecule has 0 aliphatic carbocycles. The molecule has 11 nitrogen and oxygen atoms in total. The third kappa shape index (κ3) is 8.65. The fraction of sp³-hybridized carbons (Fsp3) is 0.312. The van der Waals surface area contributed by atoms with Crippen LogP contribution in [0.1, 0.15) is 31.1 Å². The van der Waals surface area contributed by atoms with Crippen molar-refractivity contribution >= 4 is 56.0 Å². The summed E-state index contributed by atoms with van der Waals surface area (Å²) < 4.78 is 17.7. The highest BCUT2D eigenvalue weighted by Gasteiger charge is 2.18. The minimum absolute atomic E-state index is 0.169. The maximum atomic E-state index is 12.9. The lowest BCUT2D eigenvalue weighted by Gasteiger charge is -2.26. The van der Waals surface area contributed by atoms with Gasteiger partial charge < -0.3 is 24.8 Å². The fourth-order valence-corrected chi connectivity index (χ4v) is 5.12. The monoisotopic (exact) mass is 662 g/mol. The number of rotatable bonds is 9. The number of morpholine rings is 1. The highest BCUT2D eigenvalue weighted by atomic mass is 79.9. The second-order valence-corrected chi connectivity index (χ2v) is 12.1. The smallest absolute Gasteiger partial charge is 0.412 e. The van der Waals surface area contributed by atoms with Crippen LogP contribution < -0.4 is 20.7 Å². The van der Waals surface area contributed by atoms with E-state index in [1.54, 1.807) is 36.5 Å². The van der Waals surface area contributed by atoms with E-state index in [9.17, 15) is 9.59 Å². The maximum absolute atomic E-state index is 12.9. The number of halogens is 1. The third-order valence-electron chi connectivity index (χ3n) is 6.60. The van der Waals surface area contributed by atoms with Crippen molar-refractivity contribution in [1.29, 1.82) is 0 Å². The number of hydrogen-bond donors (Lipinski definition) is 3. The van der Waals surface area contributed by atoms with Gasteiger partial charge >= 0.3 is 6.09 Å². The van der Waals surface area contributed by atoms with Crippen LogP contribution in [0.15, 0.2) is 71.3 Å². The molecule has 2 heterocycles. The molecule has 230 valence electrons. The van der Waals surface area contributed by atoms with Crippen molar-refractivity contribution in [3.05, 3.63) is 76.9 Å². The summed E-state index contributed by atoms with van der Waals surface area (Å²) >= 11 is 3.50. The second-order valence-electron chi connectivity index (χ2n) is 11.2. The molecule has 1 fully saturated rings. The van der Waals surface area contributed by atoms with E-state index in [4.69, 9.17) is 14.2 Å². The molecule has 0 bridgehead atoms. The first-order valence-corrected chi connectivity index (χ1v) is 15.1. The molecule has 1 saturated heterocycles. The molecular weight excluding hydrogens is 628 g/mol. The van der Waals surface area contributed by atoms with Crippen molar-refractivity contribution in [2.75, 3.05) is 50.0 Å². The van der Waals surface area contributed by atoms with Crippen LogP contribution in [0.4, 0.5) is 22.1 Å². The van der Waals surface area contributed by atoms with Gasteiger partial charge in [-0.05, 0) is 51.1 Å². The quantitative estimate of drug-likeness (QED) is 0.188. The van der Waals surface area contributed by atoms with Gasteiger partial charge in [-0.1, -0.05) is 40.2 Å². The van der Waals surface area contributed by atoms with Crippen molar-refractivity contribution in [2.24, 2.45) is 0 Å². The van der Waals surface area contributed by atoms with E-state index in [0.29, 0.717) is 41.1 Å². The normalized spacial score (nSPS) is 13.7. The van der Waals surface area contributed by atoms with Crippen LogP contribution in [0.2, 0.25) is 0 Å². The first kappa shape index (κ1) is 31.2. The molecule has 0 atom stereocenters. The Labute approximate surface area is 264 Å². The van der Waals surface area contributed by atoms with E-state index in [1.165, 1.54) is 0 Å². The average Bonchev–Trinajstić information content (AvgIpc) is 2.98. The molecule has 0 unspecified atom stereocenters. The van der Waals surface area contributed by atoms with E-state index >= 15 is 0 Å². The molecule has 44 heavy (non-hydrogen) atoms. The van der Waals surface area contributed by atoms with E-state index < -0.39 is 11.7 Å². The average molecular weight is 664 g/mol. The summed E-state index contributed by atoms with van der Waals surface area (Å²) in [6.07, 6.45) is 1.05. The number of ether oxygens (including phenoxy) is 3. The van der Waals surface area contributed by atoms with Crippen LogP contribution in [0.3, 0.4) is 0 Å². The van der Waals surface area contributed by atoms with E-state index in [1.807, 2.05) is 51.1 Å². The second kappa shape index (κ2) is 14.0. The molecular formula is C32H35BrN6O5. The zero-order valence-corrected chi connectivity index (χ0v) is 26.4. The highest BCUT2D eigenvalue weighted by Crippen LogP contribution is 2.34. The lowest BCUT2D eigenvalue weighted by molar-refractivity contribution is 0.0383. The summed E-state index contributed by atoms with van der Waals surface area (Å²) in [6.45, 7) is 9.94. The summed E-state index contributed by atoms with van der Waals surface area (Å²) in [5.41, 5.74) is 1.12. The van der Waals surface area contributed by atoms with Gasteiger partial charge in [-0.2, -0.15) is 4.98 Å². The molecule has 3 aromatic carbocycles. The van der Waals surface area contributed by atoms with Crippen molar-refractivity contribution < 1.29 is 23.8 Å². The number of amides is 2. The number of benzene rings is 3. The van der Waals surface area contributed by atoms with Gasteiger partial charge in [0.1, 0.15) is 11.4 Å². The maximum Gasteiger partial charge on any atom is 0.412 e. The lowest BCUT2D eigenvalue weighted by Crippen LogP contribution is -2.41. The molecule has 1 aliphatic rings. The van der Waals surface area contributed by atoms with Gasteiger partial charge in [0.15, 0.2) is 0 Å². The first-order valence-electron chi connectivity index (χ1n) is 14.3. The van der Waals surface area contributed by atoms with Crippen molar-refractivity contribution in [1.82, 2.24) is 20.2 Å². The molecule has 4 aromatic rings. The predicted molar refractivity (Wildman–Crippen MR) is 173 cm³/mol. The molecule has 1 aliphatic heterocycles. The van der Waals surface area contributed by atoms with Gasteiger partial charge in [0.2, 0.25) is 11.8 Å². The van der Waals surface area contributed by atoms with Crippen LogP contribution in [0, 0.1) is 0 Å². The largest absolute Gasteiger partial charge is 0.444 e. The van der Waals surface area contributed by atoms with E-state index in [0.717, 1.165) is 48.1 Å². The summed E-state index contributed by atoms with van der Waals surface area (Å²) in [5, 5.41) is 10.5. The molecule has 0 spiro atoms. The standard InChI is InChI=1S/C32H35BrN6O5/c1-32(2,3)44-31(41)37-26-8-9-27(25-7-5-4-6-24(25)26)43-28-10-11-35-30(38-28)36-23-19-21(18-22(33)20-23)29(40)34-12-13-39-14-16-42-17-15-39/h4-11,18-20H,12-17H2,1-3H3,(H,34,40)(H,37,41)(H,35,36,38). The Hall–Kier alpha value is -4.26. The predicted octanol–water partition coefficient (Wildman–Crippen LogP) is 6.34. The van der Waals surface area contributed by atoms with Crippen LogP contribution in [-0.2, 0) is 9.47 Å².